The standard InChI is InChI=1S/C14H24N4/c1-10(2)12-5-4-7-18(8-6-12)14-11(3)13(15)16-9-17-14/h9-10,12H,4-8H2,1-3H3,(H2,15,16,17). The van der Waals surface area contributed by atoms with Crippen LogP contribution in [0.1, 0.15) is 38.7 Å². The molecule has 1 aliphatic heterocycles. The van der Waals surface area contributed by atoms with E-state index in [1.54, 1.807) is 6.33 Å². The first-order chi connectivity index (χ1) is 8.59. The van der Waals surface area contributed by atoms with Crippen LogP contribution in [0.25, 0.3) is 0 Å². The number of nitrogens with zero attached hydrogens (tertiary/aromatic N) is 3. The summed E-state index contributed by atoms with van der Waals surface area (Å²) in [6.07, 6.45) is 5.39. The van der Waals surface area contributed by atoms with Gasteiger partial charge in [0.1, 0.15) is 18.0 Å². The normalized spacial score (nSPS) is 21.1. The Bertz CT molecular complexity index is 403. The van der Waals surface area contributed by atoms with Crippen molar-refractivity contribution in [3.05, 3.63) is 11.9 Å². The fourth-order valence-electron chi connectivity index (χ4n) is 2.77. The van der Waals surface area contributed by atoms with Crippen LogP contribution in [0.15, 0.2) is 6.33 Å². The lowest BCUT2D eigenvalue weighted by molar-refractivity contribution is 0.351. The maximum atomic E-state index is 5.86. The maximum Gasteiger partial charge on any atom is 0.137 e. The molecule has 0 amide bonds. The van der Waals surface area contributed by atoms with E-state index in [1.807, 2.05) is 6.92 Å². The second-order valence-electron chi connectivity index (χ2n) is 5.63. The molecule has 2 heterocycles. The molecule has 0 radical (unpaired) electrons. The van der Waals surface area contributed by atoms with E-state index in [9.17, 15) is 0 Å². The van der Waals surface area contributed by atoms with Gasteiger partial charge in [0, 0.05) is 18.7 Å². The van der Waals surface area contributed by atoms with Crippen LogP contribution >= 0.6 is 0 Å². The van der Waals surface area contributed by atoms with Crippen LogP contribution < -0.4 is 10.6 Å². The van der Waals surface area contributed by atoms with Gasteiger partial charge < -0.3 is 10.6 Å². The van der Waals surface area contributed by atoms with Gasteiger partial charge in [0.05, 0.1) is 0 Å². The van der Waals surface area contributed by atoms with Gasteiger partial charge in [-0.25, -0.2) is 9.97 Å². The van der Waals surface area contributed by atoms with E-state index in [2.05, 4.69) is 28.7 Å². The van der Waals surface area contributed by atoms with E-state index >= 15 is 0 Å². The first kappa shape index (κ1) is 13.1. The Morgan fingerprint density at radius 2 is 2.06 bits per heavy atom. The van der Waals surface area contributed by atoms with Gasteiger partial charge in [-0.1, -0.05) is 13.8 Å². The predicted molar refractivity (Wildman–Crippen MR) is 75.6 cm³/mol. The zero-order valence-electron chi connectivity index (χ0n) is 11.7. The van der Waals surface area contributed by atoms with Crippen molar-refractivity contribution in [2.45, 2.75) is 40.0 Å². The lowest BCUT2D eigenvalue weighted by Gasteiger charge is -2.24. The lowest BCUT2D eigenvalue weighted by atomic mass is 9.89. The van der Waals surface area contributed by atoms with Gasteiger partial charge in [-0.15, -0.1) is 0 Å². The molecule has 0 saturated carbocycles. The van der Waals surface area contributed by atoms with Gasteiger partial charge in [-0.2, -0.15) is 0 Å². The SMILES string of the molecule is Cc1c(N)ncnc1N1CCCC(C(C)C)CC1. The van der Waals surface area contributed by atoms with Crippen LogP contribution in [-0.4, -0.2) is 23.1 Å². The highest BCUT2D eigenvalue weighted by molar-refractivity contribution is 5.55. The highest BCUT2D eigenvalue weighted by atomic mass is 15.2. The van der Waals surface area contributed by atoms with Crippen molar-refractivity contribution in [3.63, 3.8) is 0 Å². The van der Waals surface area contributed by atoms with Crippen LogP contribution in [0.2, 0.25) is 0 Å². The molecule has 2 N–H and O–H groups in total. The average molecular weight is 248 g/mol. The maximum absolute atomic E-state index is 5.86. The number of rotatable bonds is 2. The van der Waals surface area contributed by atoms with Crippen LogP contribution in [0.3, 0.4) is 0 Å². The molecule has 1 fully saturated rings. The Labute approximate surface area is 110 Å². The molecule has 1 aromatic rings. The molecule has 0 aliphatic carbocycles. The van der Waals surface area contributed by atoms with Gasteiger partial charge in [-0.3, -0.25) is 0 Å². The van der Waals surface area contributed by atoms with Crippen molar-refractivity contribution in [2.24, 2.45) is 11.8 Å². The lowest BCUT2D eigenvalue weighted by Crippen LogP contribution is -2.26. The molecular weight excluding hydrogens is 224 g/mol. The zero-order valence-corrected chi connectivity index (χ0v) is 11.7. The molecule has 4 heteroatoms. The Morgan fingerprint density at radius 3 is 2.78 bits per heavy atom. The van der Waals surface area contributed by atoms with Gasteiger partial charge in [0.2, 0.25) is 0 Å². The topological polar surface area (TPSA) is 55.0 Å². The number of aromatic nitrogens is 2. The molecule has 2 rings (SSSR count). The quantitative estimate of drug-likeness (QED) is 0.874. The summed E-state index contributed by atoms with van der Waals surface area (Å²) >= 11 is 0. The Morgan fingerprint density at radius 1 is 1.28 bits per heavy atom. The molecule has 18 heavy (non-hydrogen) atoms. The van der Waals surface area contributed by atoms with Crippen molar-refractivity contribution in [1.82, 2.24) is 9.97 Å². The number of nitrogens with two attached hydrogens (primary N) is 1. The van der Waals surface area contributed by atoms with Crippen molar-refractivity contribution >= 4 is 11.6 Å². The smallest absolute Gasteiger partial charge is 0.137 e. The minimum atomic E-state index is 0.602. The van der Waals surface area contributed by atoms with Gasteiger partial charge in [0.25, 0.3) is 0 Å². The van der Waals surface area contributed by atoms with E-state index in [0.29, 0.717) is 5.82 Å². The second kappa shape index (κ2) is 5.55. The summed E-state index contributed by atoms with van der Waals surface area (Å²) in [4.78, 5) is 10.8. The molecule has 0 aromatic carbocycles. The highest BCUT2D eigenvalue weighted by Crippen LogP contribution is 2.28. The highest BCUT2D eigenvalue weighted by Gasteiger charge is 2.21. The van der Waals surface area contributed by atoms with Crippen molar-refractivity contribution < 1.29 is 0 Å². The molecule has 0 spiro atoms. The van der Waals surface area contributed by atoms with Crippen molar-refractivity contribution in [2.75, 3.05) is 23.7 Å². The summed E-state index contributed by atoms with van der Waals surface area (Å²) in [7, 11) is 0. The minimum absolute atomic E-state index is 0.602. The molecule has 1 aromatic heterocycles. The minimum Gasteiger partial charge on any atom is -0.383 e. The van der Waals surface area contributed by atoms with Gasteiger partial charge in [-0.05, 0) is 38.0 Å². The van der Waals surface area contributed by atoms with Crippen LogP contribution in [-0.2, 0) is 0 Å². The number of anilines is 2. The Balaban J connectivity index is 2.12. The monoisotopic (exact) mass is 248 g/mol. The van der Waals surface area contributed by atoms with E-state index in [-0.39, 0.29) is 0 Å². The number of hydrogen-bond donors (Lipinski definition) is 1. The van der Waals surface area contributed by atoms with E-state index in [1.165, 1.54) is 19.3 Å². The van der Waals surface area contributed by atoms with Gasteiger partial charge in [0.15, 0.2) is 0 Å². The molecule has 1 atom stereocenters. The molecular formula is C14H24N4. The third kappa shape index (κ3) is 2.74. The third-order valence-electron chi connectivity index (χ3n) is 4.11. The predicted octanol–water partition coefficient (Wildman–Crippen LogP) is 2.63. The van der Waals surface area contributed by atoms with Gasteiger partial charge >= 0.3 is 0 Å². The molecule has 0 bridgehead atoms. The van der Waals surface area contributed by atoms with Crippen LogP contribution in [0.5, 0.6) is 0 Å². The summed E-state index contributed by atoms with van der Waals surface area (Å²) in [6.45, 7) is 8.83. The third-order valence-corrected chi connectivity index (χ3v) is 4.11. The fraction of sp³-hybridized carbons (Fsp3) is 0.714. The number of nitrogen functional groups attached to an aromatic ring is 1. The Hall–Kier alpha value is -1.32. The van der Waals surface area contributed by atoms with Crippen molar-refractivity contribution in [3.8, 4) is 0 Å². The summed E-state index contributed by atoms with van der Waals surface area (Å²) in [6, 6.07) is 0. The first-order valence-corrected chi connectivity index (χ1v) is 6.91. The van der Waals surface area contributed by atoms with Crippen molar-refractivity contribution in [1.29, 1.82) is 0 Å². The molecule has 1 aliphatic rings. The van der Waals surface area contributed by atoms with Crippen LogP contribution in [0, 0.1) is 18.8 Å². The van der Waals surface area contributed by atoms with E-state index in [0.717, 1.165) is 36.3 Å². The summed E-state index contributed by atoms with van der Waals surface area (Å²) < 4.78 is 0. The molecule has 4 nitrogen and oxygen atoms in total. The Kier molecular flexibility index (Phi) is 4.04. The molecule has 1 unspecified atom stereocenters. The van der Waals surface area contributed by atoms with Crippen LogP contribution in [0.4, 0.5) is 11.6 Å². The van der Waals surface area contributed by atoms with E-state index in [4.69, 9.17) is 5.73 Å². The fourth-order valence-corrected chi connectivity index (χ4v) is 2.77. The second-order valence-corrected chi connectivity index (χ2v) is 5.63. The average Bonchev–Trinajstić information content (AvgIpc) is 2.58. The number of hydrogen-bond acceptors (Lipinski definition) is 4. The summed E-state index contributed by atoms with van der Waals surface area (Å²) in [5.41, 5.74) is 6.88. The summed E-state index contributed by atoms with van der Waals surface area (Å²) in [5, 5.41) is 0. The zero-order chi connectivity index (χ0) is 13.1. The van der Waals surface area contributed by atoms with E-state index < -0.39 is 0 Å². The largest absolute Gasteiger partial charge is 0.383 e. The summed E-state index contributed by atoms with van der Waals surface area (Å²) in [5.74, 6) is 3.24. The molecule has 1 saturated heterocycles. The molecule has 100 valence electrons. The first-order valence-electron chi connectivity index (χ1n) is 6.91.